The van der Waals surface area contributed by atoms with E-state index in [0.29, 0.717) is 0 Å². The fourth-order valence-electron chi connectivity index (χ4n) is 11.2. The zero-order chi connectivity index (χ0) is 41.2. The first-order valence-corrected chi connectivity index (χ1v) is 21.8. The monoisotopic (exact) mass is 796 g/mol. The van der Waals surface area contributed by atoms with E-state index in [1.807, 2.05) is 0 Å². The van der Waals surface area contributed by atoms with E-state index in [4.69, 9.17) is 4.42 Å². The molecule has 1 aromatic heterocycles. The van der Waals surface area contributed by atoms with Gasteiger partial charge in [-0.25, -0.2) is 0 Å². The molecular formula is C62H36O. The lowest BCUT2D eigenvalue weighted by atomic mass is 9.81. The molecule has 13 aromatic carbocycles. The van der Waals surface area contributed by atoms with Crippen LogP contribution < -0.4 is 0 Å². The van der Waals surface area contributed by atoms with Crippen LogP contribution in [0.1, 0.15) is 0 Å². The van der Waals surface area contributed by atoms with Crippen molar-refractivity contribution in [3.63, 3.8) is 0 Å². The topological polar surface area (TPSA) is 13.1 Å². The first-order chi connectivity index (χ1) is 31.3. The van der Waals surface area contributed by atoms with Crippen molar-refractivity contribution in [1.29, 1.82) is 0 Å². The predicted octanol–water partition coefficient (Wildman–Crippen LogP) is 17.8. The standard InChI is InChI=1S/C62H36O/c1-2-17-38(18-3-1)58-44-22-8-12-26-48(44)61(49-27-13-9-23-45(49)58)62-50-28-14-10-24-46(50)59(47-25-11-15-29-51(47)62)39-30-32-43-52(34-39)41-20-6-7-21-42(41)53-35-55-57(36-54(43)53)63-56-33-31-37-16-4-5-19-40(37)60(55)56/h1-36H. The maximum atomic E-state index is 6.65. The molecule has 0 saturated carbocycles. The van der Waals surface area contributed by atoms with E-state index in [1.165, 1.54) is 125 Å². The Kier molecular flexibility index (Phi) is 7.17. The second-order valence-electron chi connectivity index (χ2n) is 17.0. The summed E-state index contributed by atoms with van der Waals surface area (Å²) < 4.78 is 6.65. The Bertz CT molecular complexity index is 4130. The smallest absolute Gasteiger partial charge is 0.136 e. The van der Waals surface area contributed by atoms with Crippen molar-refractivity contribution >= 4 is 108 Å². The van der Waals surface area contributed by atoms with Crippen LogP contribution >= 0.6 is 0 Å². The van der Waals surface area contributed by atoms with Gasteiger partial charge in [-0.05, 0) is 144 Å². The Morgan fingerprint density at radius 2 is 0.619 bits per heavy atom. The Balaban J connectivity index is 1.07. The summed E-state index contributed by atoms with van der Waals surface area (Å²) in [5.41, 5.74) is 9.36. The summed E-state index contributed by atoms with van der Waals surface area (Å²) in [5, 5.41) is 22.2. The minimum Gasteiger partial charge on any atom is -0.456 e. The van der Waals surface area contributed by atoms with E-state index in [0.717, 1.165) is 16.6 Å². The molecule has 0 amide bonds. The van der Waals surface area contributed by atoms with Gasteiger partial charge >= 0.3 is 0 Å². The largest absolute Gasteiger partial charge is 0.456 e. The highest BCUT2D eigenvalue weighted by Crippen LogP contribution is 2.51. The highest BCUT2D eigenvalue weighted by molar-refractivity contribution is 6.32. The number of benzene rings is 13. The molecule has 0 spiro atoms. The molecule has 1 heteroatoms. The highest BCUT2D eigenvalue weighted by atomic mass is 16.3. The van der Waals surface area contributed by atoms with Crippen LogP contribution in [0.3, 0.4) is 0 Å². The SMILES string of the molecule is c1ccc(-c2c3ccccc3c(-c3c4ccccc4c(-c4ccc5c(c4)c4ccccc4c4cc6c(cc54)oc4ccc5ccccc5c46)c4ccccc34)c3ccccc23)cc1. The van der Waals surface area contributed by atoms with Gasteiger partial charge in [0.15, 0.2) is 0 Å². The quantitative estimate of drug-likeness (QED) is 0.128. The van der Waals surface area contributed by atoms with Crippen molar-refractivity contribution in [2.45, 2.75) is 0 Å². The van der Waals surface area contributed by atoms with Crippen LogP contribution in [0.5, 0.6) is 0 Å². The summed E-state index contributed by atoms with van der Waals surface area (Å²) in [7, 11) is 0. The van der Waals surface area contributed by atoms with Crippen molar-refractivity contribution in [3.8, 4) is 33.4 Å². The van der Waals surface area contributed by atoms with Gasteiger partial charge in [0.05, 0.1) is 0 Å². The van der Waals surface area contributed by atoms with Crippen molar-refractivity contribution in [2.24, 2.45) is 0 Å². The number of hydrogen-bond donors (Lipinski definition) is 0. The molecule has 63 heavy (non-hydrogen) atoms. The lowest BCUT2D eigenvalue weighted by molar-refractivity contribution is 0.670. The summed E-state index contributed by atoms with van der Waals surface area (Å²) in [6, 6.07) is 80.6. The second kappa shape index (κ2) is 13.1. The molecule has 14 aromatic rings. The molecule has 0 bridgehead atoms. The molecule has 0 unspecified atom stereocenters. The van der Waals surface area contributed by atoms with Gasteiger partial charge in [0.1, 0.15) is 11.2 Å². The molecule has 0 aliphatic rings. The van der Waals surface area contributed by atoms with E-state index in [2.05, 4.69) is 218 Å². The number of fused-ring (bicyclic) bond motifs is 15. The first-order valence-electron chi connectivity index (χ1n) is 21.8. The third-order valence-electron chi connectivity index (χ3n) is 13.8. The summed E-state index contributed by atoms with van der Waals surface area (Å²) in [5.74, 6) is 0. The lowest BCUT2D eigenvalue weighted by Gasteiger charge is -2.22. The molecule has 0 saturated heterocycles. The molecule has 0 aliphatic carbocycles. The van der Waals surface area contributed by atoms with E-state index in [-0.39, 0.29) is 0 Å². The Hall–Kier alpha value is -8.26. The van der Waals surface area contributed by atoms with Crippen LogP contribution in [0.15, 0.2) is 223 Å². The molecule has 0 N–H and O–H groups in total. The molecule has 0 atom stereocenters. The first kappa shape index (κ1) is 34.5. The minimum atomic E-state index is 0.916. The number of rotatable bonds is 3. The van der Waals surface area contributed by atoms with E-state index < -0.39 is 0 Å². The van der Waals surface area contributed by atoms with Crippen molar-refractivity contribution < 1.29 is 4.42 Å². The maximum Gasteiger partial charge on any atom is 0.136 e. The highest BCUT2D eigenvalue weighted by Gasteiger charge is 2.23. The lowest BCUT2D eigenvalue weighted by Crippen LogP contribution is -1.94. The molecular weight excluding hydrogens is 761 g/mol. The molecule has 1 nitrogen and oxygen atoms in total. The minimum absolute atomic E-state index is 0.916. The van der Waals surface area contributed by atoms with Crippen molar-refractivity contribution in [3.05, 3.63) is 218 Å². The second-order valence-corrected chi connectivity index (χ2v) is 17.0. The van der Waals surface area contributed by atoms with Crippen LogP contribution in [-0.2, 0) is 0 Å². The van der Waals surface area contributed by atoms with Gasteiger partial charge in [-0.3, -0.25) is 0 Å². The Morgan fingerprint density at radius 3 is 1.17 bits per heavy atom. The fourth-order valence-corrected chi connectivity index (χ4v) is 11.2. The Morgan fingerprint density at radius 1 is 0.206 bits per heavy atom. The summed E-state index contributed by atoms with van der Waals surface area (Å²) in [6.07, 6.45) is 0. The molecule has 1 heterocycles. The average molecular weight is 797 g/mol. The van der Waals surface area contributed by atoms with Gasteiger partial charge in [0, 0.05) is 10.8 Å². The van der Waals surface area contributed by atoms with Crippen LogP contribution in [-0.4, -0.2) is 0 Å². The van der Waals surface area contributed by atoms with Gasteiger partial charge in [-0.1, -0.05) is 194 Å². The van der Waals surface area contributed by atoms with Crippen LogP contribution in [0.25, 0.3) is 141 Å². The summed E-state index contributed by atoms with van der Waals surface area (Å²) in [4.78, 5) is 0. The zero-order valence-corrected chi connectivity index (χ0v) is 34.2. The molecule has 290 valence electrons. The third kappa shape index (κ3) is 4.88. The van der Waals surface area contributed by atoms with Crippen molar-refractivity contribution in [2.75, 3.05) is 0 Å². The normalized spacial score (nSPS) is 12.1. The van der Waals surface area contributed by atoms with Crippen LogP contribution in [0.2, 0.25) is 0 Å². The summed E-state index contributed by atoms with van der Waals surface area (Å²) in [6.45, 7) is 0. The van der Waals surface area contributed by atoms with Crippen LogP contribution in [0, 0.1) is 0 Å². The van der Waals surface area contributed by atoms with Gasteiger partial charge in [0.25, 0.3) is 0 Å². The number of furan rings is 1. The molecule has 14 rings (SSSR count). The predicted molar refractivity (Wildman–Crippen MR) is 270 cm³/mol. The fraction of sp³-hybridized carbons (Fsp3) is 0. The van der Waals surface area contributed by atoms with Gasteiger partial charge in [-0.15, -0.1) is 0 Å². The van der Waals surface area contributed by atoms with E-state index in [1.54, 1.807) is 0 Å². The van der Waals surface area contributed by atoms with Crippen molar-refractivity contribution in [1.82, 2.24) is 0 Å². The Labute approximate surface area is 362 Å². The average Bonchev–Trinajstić information content (AvgIpc) is 3.73. The molecule has 0 aliphatic heterocycles. The van der Waals surface area contributed by atoms with Crippen LogP contribution in [0.4, 0.5) is 0 Å². The zero-order valence-electron chi connectivity index (χ0n) is 34.2. The molecule has 0 fully saturated rings. The van der Waals surface area contributed by atoms with E-state index in [9.17, 15) is 0 Å². The van der Waals surface area contributed by atoms with E-state index >= 15 is 0 Å². The number of hydrogen-bond acceptors (Lipinski definition) is 1. The van der Waals surface area contributed by atoms with Gasteiger partial charge in [-0.2, -0.15) is 0 Å². The summed E-state index contributed by atoms with van der Waals surface area (Å²) >= 11 is 0. The third-order valence-corrected chi connectivity index (χ3v) is 13.8. The molecule has 0 radical (unpaired) electrons. The maximum absolute atomic E-state index is 6.65. The van der Waals surface area contributed by atoms with Gasteiger partial charge < -0.3 is 4.42 Å². The van der Waals surface area contributed by atoms with Gasteiger partial charge in [0.2, 0.25) is 0 Å².